The van der Waals surface area contributed by atoms with Crippen LogP contribution in [0.1, 0.15) is 40.0 Å². The second-order valence-electron chi connectivity index (χ2n) is 5.28. The van der Waals surface area contributed by atoms with Crippen molar-refractivity contribution in [1.29, 1.82) is 0 Å². The van der Waals surface area contributed by atoms with Gasteiger partial charge in [-0.3, -0.25) is 4.79 Å². The number of nitrogens with one attached hydrogen (secondary N) is 2. The van der Waals surface area contributed by atoms with Gasteiger partial charge < -0.3 is 15.7 Å². The molecule has 0 spiro atoms. The number of hydrogen-bond donors (Lipinski definition) is 3. The second-order valence-corrected chi connectivity index (χ2v) is 5.28. The molecule has 1 aliphatic carbocycles. The van der Waals surface area contributed by atoms with Crippen LogP contribution in [0, 0.1) is 0 Å². The van der Waals surface area contributed by atoms with Gasteiger partial charge in [-0.25, -0.2) is 0 Å². The SMILES string of the molecule is CC(C)(C)NC(=O)CN[C@H]1CCC[C@@H]1O. The van der Waals surface area contributed by atoms with Crippen LogP contribution in [-0.2, 0) is 4.79 Å². The fraction of sp³-hybridized carbons (Fsp3) is 0.909. The number of aliphatic hydroxyl groups is 1. The topological polar surface area (TPSA) is 61.4 Å². The second kappa shape index (κ2) is 4.94. The van der Waals surface area contributed by atoms with Crippen LogP contribution < -0.4 is 10.6 Å². The van der Waals surface area contributed by atoms with Crippen LogP contribution in [0.15, 0.2) is 0 Å². The van der Waals surface area contributed by atoms with Crippen molar-refractivity contribution in [2.75, 3.05) is 6.54 Å². The third kappa shape index (κ3) is 4.62. The Morgan fingerprint density at radius 3 is 2.53 bits per heavy atom. The number of carbonyl (C=O) groups excluding carboxylic acids is 1. The molecular weight excluding hydrogens is 192 g/mol. The highest BCUT2D eigenvalue weighted by Crippen LogP contribution is 2.18. The van der Waals surface area contributed by atoms with Crippen LogP contribution in [0.4, 0.5) is 0 Å². The summed E-state index contributed by atoms with van der Waals surface area (Å²) in [6.07, 6.45) is 2.56. The molecule has 15 heavy (non-hydrogen) atoms. The van der Waals surface area contributed by atoms with Gasteiger partial charge in [0.05, 0.1) is 12.6 Å². The van der Waals surface area contributed by atoms with Gasteiger partial charge >= 0.3 is 0 Å². The van der Waals surface area contributed by atoms with E-state index in [0.717, 1.165) is 19.3 Å². The summed E-state index contributed by atoms with van der Waals surface area (Å²) in [5.41, 5.74) is -0.187. The number of amides is 1. The summed E-state index contributed by atoms with van der Waals surface area (Å²) in [6, 6.07) is 0.0933. The van der Waals surface area contributed by atoms with E-state index in [1.807, 2.05) is 20.8 Å². The first-order valence-corrected chi connectivity index (χ1v) is 5.61. The molecule has 0 unspecified atom stereocenters. The van der Waals surface area contributed by atoms with Crippen LogP contribution in [0.2, 0.25) is 0 Å². The molecule has 0 aromatic rings. The lowest BCUT2D eigenvalue weighted by Crippen LogP contribution is -2.47. The van der Waals surface area contributed by atoms with Crippen molar-refractivity contribution in [1.82, 2.24) is 10.6 Å². The van der Waals surface area contributed by atoms with E-state index in [0.29, 0.717) is 6.54 Å². The van der Waals surface area contributed by atoms with Crippen molar-refractivity contribution in [3.8, 4) is 0 Å². The zero-order chi connectivity index (χ0) is 11.5. The van der Waals surface area contributed by atoms with Gasteiger partial charge in [0.1, 0.15) is 0 Å². The Labute approximate surface area is 91.4 Å². The summed E-state index contributed by atoms with van der Waals surface area (Å²) in [5.74, 6) is -0.0124. The van der Waals surface area contributed by atoms with Crippen molar-refractivity contribution in [2.24, 2.45) is 0 Å². The molecule has 1 aliphatic rings. The van der Waals surface area contributed by atoms with Gasteiger partial charge in [-0.15, -0.1) is 0 Å². The van der Waals surface area contributed by atoms with Gasteiger partial charge in [-0.2, -0.15) is 0 Å². The summed E-state index contributed by atoms with van der Waals surface area (Å²) in [6.45, 7) is 6.15. The molecule has 2 atom stereocenters. The minimum Gasteiger partial charge on any atom is -0.392 e. The van der Waals surface area contributed by atoms with Crippen LogP contribution in [0.5, 0.6) is 0 Å². The predicted octanol–water partition coefficient (Wildman–Crippen LogP) is 0.404. The van der Waals surface area contributed by atoms with E-state index in [9.17, 15) is 9.90 Å². The summed E-state index contributed by atoms with van der Waals surface area (Å²) in [4.78, 5) is 11.5. The monoisotopic (exact) mass is 214 g/mol. The zero-order valence-electron chi connectivity index (χ0n) is 9.84. The van der Waals surface area contributed by atoms with E-state index >= 15 is 0 Å². The van der Waals surface area contributed by atoms with Gasteiger partial charge in [0.15, 0.2) is 0 Å². The molecule has 0 bridgehead atoms. The molecule has 1 amide bonds. The average molecular weight is 214 g/mol. The molecule has 1 rings (SSSR count). The highest BCUT2D eigenvalue weighted by Gasteiger charge is 2.25. The maximum Gasteiger partial charge on any atom is 0.234 e. The summed E-state index contributed by atoms with van der Waals surface area (Å²) >= 11 is 0. The van der Waals surface area contributed by atoms with E-state index < -0.39 is 0 Å². The first-order valence-electron chi connectivity index (χ1n) is 5.61. The Balaban J connectivity index is 2.22. The van der Waals surface area contributed by atoms with Crippen molar-refractivity contribution < 1.29 is 9.90 Å². The summed E-state index contributed by atoms with van der Waals surface area (Å²) in [7, 11) is 0. The molecule has 0 saturated heterocycles. The summed E-state index contributed by atoms with van der Waals surface area (Å²) < 4.78 is 0. The number of hydrogen-bond acceptors (Lipinski definition) is 3. The normalized spacial score (nSPS) is 26.7. The average Bonchev–Trinajstić information content (AvgIpc) is 2.44. The quantitative estimate of drug-likeness (QED) is 0.637. The molecule has 1 saturated carbocycles. The van der Waals surface area contributed by atoms with Crippen molar-refractivity contribution in [3.05, 3.63) is 0 Å². The summed E-state index contributed by atoms with van der Waals surface area (Å²) in [5, 5.41) is 15.5. The van der Waals surface area contributed by atoms with Crippen LogP contribution >= 0.6 is 0 Å². The molecule has 88 valence electrons. The van der Waals surface area contributed by atoms with E-state index in [-0.39, 0.29) is 23.6 Å². The maximum atomic E-state index is 11.5. The van der Waals surface area contributed by atoms with E-state index in [1.54, 1.807) is 0 Å². The first kappa shape index (κ1) is 12.5. The highest BCUT2D eigenvalue weighted by atomic mass is 16.3. The number of aliphatic hydroxyl groups excluding tert-OH is 1. The smallest absolute Gasteiger partial charge is 0.234 e. The highest BCUT2D eigenvalue weighted by molar-refractivity contribution is 5.78. The third-order valence-corrected chi connectivity index (χ3v) is 2.52. The molecular formula is C11H22N2O2. The fourth-order valence-corrected chi connectivity index (χ4v) is 1.86. The Morgan fingerprint density at radius 2 is 2.07 bits per heavy atom. The van der Waals surface area contributed by atoms with Crippen molar-refractivity contribution in [2.45, 2.75) is 57.7 Å². The Bertz CT molecular complexity index is 223. The minimum atomic E-state index is -0.285. The fourth-order valence-electron chi connectivity index (χ4n) is 1.86. The van der Waals surface area contributed by atoms with Crippen LogP contribution in [0.25, 0.3) is 0 Å². The maximum absolute atomic E-state index is 11.5. The Morgan fingerprint density at radius 1 is 1.40 bits per heavy atom. The van der Waals surface area contributed by atoms with Crippen molar-refractivity contribution >= 4 is 5.91 Å². The number of carbonyl (C=O) groups is 1. The van der Waals surface area contributed by atoms with E-state index in [4.69, 9.17) is 0 Å². The molecule has 3 N–H and O–H groups in total. The zero-order valence-corrected chi connectivity index (χ0v) is 9.84. The Kier molecular flexibility index (Phi) is 4.11. The van der Waals surface area contributed by atoms with Gasteiger partial charge in [0.2, 0.25) is 5.91 Å². The van der Waals surface area contributed by atoms with Crippen LogP contribution in [-0.4, -0.2) is 35.2 Å². The lowest BCUT2D eigenvalue weighted by atomic mass is 10.1. The molecule has 0 heterocycles. The van der Waals surface area contributed by atoms with Crippen LogP contribution in [0.3, 0.4) is 0 Å². The standard InChI is InChI=1S/C11H22N2O2/c1-11(2,3)13-10(15)7-12-8-5-4-6-9(8)14/h8-9,12,14H,4-7H2,1-3H3,(H,13,15)/t8-,9-/m0/s1. The largest absolute Gasteiger partial charge is 0.392 e. The molecule has 4 heteroatoms. The molecule has 4 nitrogen and oxygen atoms in total. The molecule has 0 radical (unpaired) electrons. The third-order valence-electron chi connectivity index (χ3n) is 2.52. The van der Waals surface area contributed by atoms with Gasteiger partial charge in [0.25, 0.3) is 0 Å². The minimum absolute atomic E-state index is 0.0124. The van der Waals surface area contributed by atoms with Gasteiger partial charge in [-0.1, -0.05) is 0 Å². The Hall–Kier alpha value is -0.610. The van der Waals surface area contributed by atoms with E-state index in [2.05, 4.69) is 10.6 Å². The van der Waals surface area contributed by atoms with E-state index in [1.165, 1.54) is 0 Å². The lowest BCUT2D eigenvalue weighted by molar-refractivity contribution is -0.121. The predicted molar refractivity (Wildman–Crippen MR) is 59.5 cm³/mol. The molecule has 0 aromatic carbocycles. The van der Waals surface area contributed by atoms with Gasteiger partial charge in [0, 0.05) is 11.6 Å². The lowest BCUT2D eigenvalue weighted by Gasteiger charge is -2.22. The first-order chi connectivity index (χ1) is 6.88. The molecule has 0 aromatic heterocycles. The molecule has 1 fully saturated rings. The molecule has 0 aliphatic heterocycles. The van der Waals surface area contributed by atoms with Crippen molar-refractivity contribution in [3.63, 3.8) is 0 Å². The van der Waals surface area contributed by atoms with Gasteiger partial charge in [-0.05, 0) is 40.0 Å². The number of rotatable bonds is 3.